The largest absolute Gasteiger partial charge is 0.368 e. The smallest absolute Gasteiger partial charge is 0.243 e. The minimum atomic E-state index is -1.37. The van der Waals surface area contributed by atoms with Crippen molar-refractivity contribution in [1.29, 1.82) is 0 Å². The lowest BCUT2D eigenvalue weighted by atomic mass is 9.96. The first kappa shape index (κ1) is 122. The molecule has 0 aliphatic heterocycles. The van der Waals surface area contributed by atoms with E-state index in [0.717, 1.165) is 0 Å². The minimum absolute atomic E-state index is 0.00233. The van der Waals surface area contributed by atoms with Crippen LogP contribution >= 0.6 is 0 Å². The zero-order chi connectivity index (χ0) is 101. The number of unbranched alkanes of at least 4 members (excludes halogenated alkanes) is 6. The molecule has 0 heterocycles. The Morgan fingerprint density at radius 3 is 0.617 bits per heavy atom. The molecule has 0 aromatic carbocycles. The SMILES string of the molecule is CC[C@H](C)[C@H](NC(=O)[C@H](CCCCN)NC(=O)CNC(=O)[C@H](C)NC(=O)[C@H](CCCCN)NC(=O)CNC(=O)[C@H](C)NC(=O)[C@@H](NC(=O)[C@H](CCCCN)NC(=O)[C@H](C)NC(=O)[C@@H](NC(=O)[C@H](CCCCN)NC(=O)CNC(=O)[C@H](C)NC(=O)[C@H](CCCCN)NC(=O)CNC(=O)[C@H](C)NC(=O)[C@@H](NC(=O)[C@@H](N)CCCCN)[C@@H](C)CC)[C@@H](C)CC)[C@@H](C)CC)C(=O)N[C@@H](C)C(N)=O. The molecule has 0 radical (unpaired) electrons. The lowest BCUT2D eigenvalue weighted by molar-refractivity contribution is -0.136. The fourth-order valence-corrected chi connectivity index (χ4v) is 13.1. The molecule has 760 valence electrons. The highest BCUT2D eigenvalue weighted by molar-refractivity contribution is 6.01. The molecule has 0 saturated carbocycles. The number of primary amides is 1. The van der Waals surface area contributed by atoms with Crippen LogP contribution in [0.3, 0.4) is 0 Å². The molecule has 0 rings (SSSR count). The molecule has 0 bridgehead atoms. The van der Waals surface area contributed by atoms with Gasteiger partial charge in [0.1, 0.15) is 90.6 Å². The second-order valence-corrected chi connectivity index (χ2v) is 34.0. The first-order valence-corrected chi connectivity index (χ1v) is 46.7. The van der Waals surface area contributed by atoms with E-state index in [4.69, 9.17) is 45.9 Å². The van der Waals surface area contributed by atoms with Crippen LogP contribution in [0.15, 0.2) is 0 Å². The molecule has 47 heteroatoms. The highest BCUT2D eigenvalue weighted by Crippen LogP contribution is 2.17. The Bertz CT molecular complexity index is 3720. The Kier molecular flexibility index (Phi) is 62.6. The van der Waals surface area contributed by atoms with Crippen LogP contribution in [0, 0.1) is 23.7 Å². The number of carbonyl (C=O) groups is 20. The second kappa shape index (κ2) is 68.2. The monoisotopic (exact) mass is 1890 g/mol. The number of rotatable bonds is 71. The van der Waals surface area contributed by atoms with Gasteiger partial charge in [0, 0.05) is 0 Å². The highest BCUT2D eigenvalue weighted by atomic mass is 16.2. The van der Waals surface area contributed by atoms with E-state index in [0.29, 0.717) is 116 Å². The van der Waals surface area contributed by atoms with Crippen molar-refractivity contribution in [2.75, 3.05) is 65.4 Å². The van der Waals surface area contributed by atoms with Crippen LogP contribution in [0.1, 0.15) is 238 Å². The minimum Gasteiger partial charge on any atom is -0.368 e. The molecular weight excluding hydrogens is 1730 g/mol. The second-order valence-electron chi connectivity index (χ2n) is 34.0. The standard InChI is InChI=1S/C86H161N27O20/c1-15-47(5)67(110-77(124)57(93)31-19-25-37-87)84(131)102-54(12)74(121)97-43-63(114)105-58(32-20-26-38-88)78(125)101-53(11)73(120)96-46-66(117)108-61(35-23-29-41-91)81(128)112-70(50(8)18-4)86(133)104-56(14)76(123)109-62(36-24-30-42-92)82(129)113-69(49(7)17-3)85(132)103-55(13)75(122)98-44-64(115)106-59(33-21-27-39-89)79(126)100-52(10)72(119)95-45-65(116)107-60(34-22-28-40-90)80(127)111-68(48(6)16-2)83(130)99-51(9)71(94)118/h47-62,67-70H,15-46,87-93H2,1-14H3,(H2,94,118)(H,95,119)(H,96,120)(H,97,121)(H,98,122)(H,99,130)(H,100,126)(H,101,125)(H,102,131)(H,103,132)(H,104,133)(H,105,114)(H,106,115)(H,107,116)(H,108,117)(H,109,123)(H,110,124)(H,111,127)(H,112,128)(H,113,129)/t47-,48-,49-,50-,51-,52-,53-,54-,55-,56-,57-,58-,59-,60-,61-,62-,67-,68-,69-,70-/m0/s1. The molecule has 35 N–H and O–H groups in total. The van der Waals surface area contributed by atoms with Gasteiger partial charge >= 0.3 is 0 Å². The molecular formula is C86H161N27O20. The van der Waals surface area contributed by atoms with Crippen molar-refractivity contribution in [3.8, 4) is 0 Å². The van der Waals surface area contributed by atoms with Crippen molar-refractivity contribution < 1.29 is 95.9 Å². The summed E-state index contributed by atoms with van der Waals surface area (Å²) in [6.07, 6.45) is 7.35. The Morgan fingerprint density at radius 2 is 0.398 bits per heavy atom. The number of hydrogen-bond acceptors (Lipinski definition) is 27. The van der Waals surface area contributed by atoms with Crippen molar-refractivity contribution in [3.05, 3.63) is 0 Å². The fourth-order valence-electron chi connectivity index (χ4n) is 13.1. The first-order chi connectivity index (χ1) is 62.8. The average Bonchev–Trinajstić information content (AvgIpc) is 0.855. The zero-order valence-corrected chi connectivity index (χ0v) is 80.5. The molecule has 0 aliphatic rings. The third-order valence-electron chi connectivity index (χ3n) is 22.7. The predicted octanol–water partition coefficient (Wildman–Crippen LogP) is -7.39. The Morgan fingerprint density at radius 1 is 0.211 bits per heavy atom. The van der Waals surface area contributed by atoms with Gasteiger partial charge < -0.3 is 147 Å². The van der Waals surface area contributed by atoms with E-state index in [1.54, 1.807) is 48.5 Å². The Balaban J connectivity index is 6.21. The fraction of sp³-hybridized carbons (Fsp3) is 0.767. The molecule has 133 heavy (non-hydrogen) atoms. The summed E-state index contributed by atoms with van der Waals surface area (Å²) in [4.78, 5) is 270. The molecule has 0 spiro atoms. The van der Waals surface area contributed by atoms with Gasteiger partial charge in [-0.1, -0.05) is 87.5 Å². The first-order valence-electron chi connectivity index (χ1n) is 46.7. The van der Waals surface area contributed by atoms with Crippen molar-refractivity contribution in [2.24, 2.45) is 69.5 Å². The summed E-state index contributed by atoms with van der Waals surface area (Å²) < 4.78 is 0. The van der Waals surface area contributed by atoms with Crippen LogP contribution in [0.4, 0.5) is 0 Å². The van der Waals surface area contributed by atoms with Crippen molar-refractivity contribution in [1.82, 2.24) is 101 Å². The zero-order valence-electron chi connectivity index (χ0n) is 80.5. The molecule has 20 amide bonds. The van der Waals surface area contributed by atoms with Crippen LogP contribution in [0.5, 0.6) is 0 Å². The van der Waals surface area contributed by atoms with Crippen LogP contribution in [0.2, 0.25) is 0 Å². The van der Waals surface area contributed by atoms with Gasteiger partial charge in [0.15, 0.2) is 0 Å². The number of nitrogens with two attached hydrogens (primary N) is 8. The lowest BCUT2D eigenvalue weighted by Gasteiger charge is -2.29. The summed E-state index contributed by atoms with van der Waals surface area (Å²) in [7, 11) is 0. The van der Waals surface area contributed by atoms with Gasteiger partial charge in [0.25, 0.3) is 0 Å². The molecule has 0 aromatic rings. The molecule has 0 saturated heterocycles. The third kappa shape index (κ3) is 49.1. The van der Waals surface area contributed by atoms with Crippen LogP contribution in [0.25, 0.3) is 0 Å². The van der Waals surface area contributed by atoms with E-state index in [1.807, 2.05) is 6.92 Å². The third-order valence-corrected chi connectivity index (χ3v) is 22.7. The summed E-state index contributed by atoms with van der Waals surface area (Å²) in [5.74, 6) is -17.6. The molecule has 0 unspecified atom stereocenters. The van der Waals surface area contributed by atoms with Crippen molar-refractivity contribution in [3.63, 3.8) is 0 Å². The molecule has 47 nitrogen and oxygen atoms in total. The highest BCUT2D eigenvalue weighted by Gasteiger charge is 2.39. The van der Waals surface area contributed by atoms with E-state index >= 15 is 0 Å². The van der Waals surface area contributed by atoms with Gasteiger partial charge in [0.2, 0.25) is 118 Å². The summed E-state index contributed by atoms with van der Waals surface area (Å²) in [5.41, 5.74) is 45.6. The Labute approximate surface area is 781 Å². The quantitative estimate of drug-likeness (QED) is 0.0252. The topological polar surface area (TPSA) is 778 Å². The maximum Gasteiger partial charge on any atom is 0.243 e. The van der Waals surface area contributed by atoms with Gasteiger partial charge in [-0.15, -0.1) is 0 Å². The van der Waals surface area contributed by atoms with Crippen LogP contribution in [-0.4, -0.2) is 280 Å². The van der Waals surface area contributed by atoms with Gasteiger partial charge in [-0.2, -0.15) is 0 Å². The van der Waals surface area contributed by atoms with E-state index in [-0.39, 0.29) is 70.7 Å². The maximum absolute atomic E-state index is 14.3. The van der Waals surface area contributed by atoms with E-state index in [1.165, 1.54) is 41.5 Å². The predicted molar refractivity (Wildman–Crippen MR) is 497 cm³/mol. The Hall–Kier alpha value is -10.9. The van der Waals surface area contributed by atoms with E-state index in [9.17, 15) is 95.9 Å². The van der Waals surface area contributed by atoms with Crippen molar-refractivity contribution >= 4 is 118 Å². The van der Waals surface area contributed by atoms with Gasteiger partial charge in [0.05, 0.1) is 32.2 Å². The number of nitrogens with one attached hydrogen (secondary N) is 19. The van der Waals surface area contributed by atoms with Gasteiger partial charge in [-0.05, 0) is 214 Å². The molecule has 0 aliphatic carbocycles. The molecule has 0 aromatic heterocycles. The van der Waals surface area contributed by atoms with Crippen LogP contribution in [-0.2, 0) is 95.9 Å². The van der Waals surface area contributed by atoms with Gasteiger partial charge in [-0.25, -0.2) is 0 Å². The summed E-state index contributed by atoms with van der Waals surface area (Å²) in [6.45, 7) is 20.9. The van der Waals surface area contributed by atoms with E-state index in [2.05, 4.69) is 101 Å². The number of carbonyl (C=O) groups excluding carboxylic acids is 20. The van der Waals surface area contributed by atoms with Crippen molar-refractivity contribution in [2.45, 2.75) is 335 Å². The molecule has 0 fully saturated rings. The lowest BCUT2D eigenvalue weighted by Crippen LogP contribution is -2.60. The summed E-state index contributed by atoms with van der Waals surface area (Å²) >= 11 is 0. The van der Waals surface area contributed by atoms with Crippen LogP contribution < -0.4 is 147 Å². The normalized spacial score (nSPS) is 15.6. The van der Waals surface area contributed by atoms with Gasteiger partial charge in [-0.3, -0.25) is 95.9 Å². The summed E-state index contributed by atoms with van der Waals surface area (Å²) in [6, 6.07) is -19.5. The number of hydrogen-bond donors (Lipinski definition) is 27. The summed E-state index contributed by atoms with van der Waals surface area (Å²) in [5, 5.41) is 48.5. The van der Waals surface area contributed by atoms with E-state index < -0.39 is 259 Å². The number of amides is 20. The maximum atomic E-state index is 14.3. The molecule has 20 atom stereocenters. The average molecular weight is 1890 g/mol.